The molecule has 336 valence electrons. The van der Waals surface area contributed by atoms with E-state index in [0.717, 1.165) is 51.2 Å². The van der Waals surface area contributed by atoms with Gasteiger partial charge in [-0.1, -0.05) is 54.2 Å². The van der Waals surface area contributed by atoms with Gasteiger partial charge in [-0.15, -0.1) is 11.3 Å². The Labute approximate surface area is 374 Å². The van der Waals surface area contributed by atoms with Gasteiger partial charge >= 0.3 is 5.97 Å². The van der Waals surface area contributed by atoms with E-state index >= 15 is 0 Å². The van der Waals surface area contributed by atoms with Crippen LogP contribution >= 0.6 is 11.3 Å². The minimum Gasteiger partial charge on any atom is -0.464 e. The summed E-state index contributed by atoms with van der Waals surface area (Å²) in [5.41, 5.74) is 9.78. The number of aromatic nitrogens is 3. The van der Waals surface area contributed by atoms with E-state index in [-0.39, 0.29) is 43.2 Å². The Morgan fingerprint density at radius 1 is 1.13 bits per heavy atom. The summed E-state index contributed by atoms with van der Waals surface area (Å²) in [4.78, 5) is 81.9. The molecule has 14 nitrogen and oxygen atoms in total. The second kappa shape index (κ2) is 18.7. The number of hydrazine groups is 1. The van der Waals surface area contributed by atoms with E-state index in [1.165, 1.54) is 27.3 Å². The zero-order chi connectivity index (χ0) is 45.3. The molecule has 6 bridgehead atoms. The number of cyclic esters (lactones) is 1. The van der Waals surface area contributed by atoms with Gasteiger partial charge in [-0.05, 0) is 80.3 Å². The lowest BCUT2D eigenvalue weighted by Crippen LogP contribution is -2.62. The Hall–Kier alpha value is -5.41. The van der Waals surface area contributed by atoms with Crippen molar-refractivity contribution in [2.45, 2.75) is 111 Å². The second-order valence-electron chi connectivity index (χ2n) is 18.7. The smallest absolute Gasteiger partial charge is 0.324 e. The molecule has 0 saturated carbocycles. The number of fused-ring (bicyclic) bond motifs is 6. The number of nitrogens with zero attached hydrogens (tertiary/aromatic N) is 6. The third kappa shape index (κ3) is 9.45. The Kier molecular flexibility index (Phi) is 13.6. The number of carbonyl (C=O) groups excluding carboxylic acids is 5. The largest absolute Gasteiger partial charge is 0.464 e. The van der Waals surface area contributed by atoms with E-state index < -0.39 is 47.2 Å². The van der Waals surface area contributed by atoms with E-state index in [2.05, 4.69) is 80.8 Å². The lowest BCUT2D eigenvalue weighted by Gasteiger charge is -2.36. The van der Waals surface area contributed by atoms with Gasteiger partial charge in [0.1, 0.15) is 18.1 Å². The molecule has 2 saturated heterocycles. The lowest BCUT2D eigenvalue weighted by atomic mass is 9.84. The highest BCUT2D eigenvalue weighted by Crippen LogP contribution is 2.42. The monoisotopic (exact) mass is 878 g/mol. The molecule has 0 radical (unpaired) electrons. The average molecular weight is 879 g/mol. The first kappa shape index (κ1) is 45.6. The fourth-order valence-electron chi connectivity index (χ4n) is 9.49. The SMILES string of the molecule is C=CC(=O)N1CC[C@H](C(=O)N(C)[C@H](C(=O)N[C@H]2Cc3nc(cs3)-c3ccc4c(c3)c(c(-c3cccnc3C(C)C)n4CC)CC(C)(C)COC(=O)[C@@H]3CCCN(N3)C2=O)C(C)C)C1. The molecule has 3 aliphatic rings. The van der Waals surface area contributed by atoms with Crippen LogP contribution in [0, 0.1) is 17.3 Å². The van der Waals surface area contributed by atoms with Crippen LogP contribution in [0.1, 0.15) is 89.9 Å². The van der Waals surface area contributed by atoms with Crippen LogP contribution in [0.2, 0.25) is 0 Å². The van der Waals surface area contributed by atoms with Crippen LogP contribution in [-0.4, -0.2) is 110 Å². The molecule has 3 aromatic heterocycles. The van der Waals surface area contributed by atoms with Crippen molar-refractivity contribution in [3.05, 3.63) is 70.8 Å². The molecular formula is C48H62N8O6S. The van der Waals surface area contributed by atoms with Crippen LogP contribution < -0.4 is 10.7 Å². The number of esters is 1. The third-order valence-electron chi connectivity index (χ3n) is 12.7. The number of benzene rings is 1. The normalized spacial score (nSPS) is 21.0. The molecule has 63 heavy (non-hydrogen) atoms. The van der Waals surface area contributed by atoms with E-state index in [1.54, 1.807) is 11.9 Å². The fraction of sp³-hybridized carbons (Fsp3) is 0.521. The predicted molar refractivity (Wildman–Crippen MR) is 244 cm³/mol. The van der Waals surface area contributed by atoms with Crippen molar-refractivity contribution < 1.29 is 28.7 Å². The summed E-state index contributed by atoms with van der Waals surface area (Å²) >= 11 is 1.42. The van der Waals surface area contributed by atoms with Gasteiger partial charge in [0.25, 0.3) is 5.91 Å². The number of thiazole rings is 1. The molecule has 7 rings (SSSR count). The number of nitrogens with one attached hydrogen (secondary N) is 2. The molecule has 4 atom stereocenters. The summed E-state index contributed by atoms with van der Waals surface area (Å²) in [5, 5.41) is 8.16. The number of likely N-dealkylation sites (N-methyl/N-ethyl adjacent to an activating group) is 1. The van der Waals surface area contributed by atoms with Crippen LogP contribution in [-0.2, 0) is 48.1 Å². The van der Waals surface area contributed by atoms with Gasteiger partial charge in [-0.3, -0.25) is 34.0 Å². The molecule has 4 aromatic rings. The molecule has 3 aliphatic heterocycles. The minimum atomic E-state index is -1.07. The molecule has 0 aliphatic carbocycles. The van der Waals surface area contributed by atoms with Crippen molar-refractivity contribution in [2.24, 2.45) is 17.3 Å². The fourth-order valence-corrected chi connectivity index (χ4v) is 10.3. The Morgan fingerprint density at radius 2 is 1.90 bits per heavy atom. The molecule has 2 N–H and O–H groups in total. The number of ether oxygens (including phenoxy) is 1. The van der Waals surface area contributed by atoms with Crippen molar-refractivity contribution in [1.82, 2.24) is 40.1 Å². The topological polar surface area (TPSA) is 159 Å². The van der Waals surface area contributed by atoms with Gasteiger partial charge in [0, 0.05) is 78.7 Å². The van der Waals surface area contributed by atoms with Crippen LogP contribution in [0.15, 0.2) is 54.6 Å². The molecule has 0 spiro atoms. The quantitative estimate of drug-likeness (QED) is 0.149. The zero-order valence-corrected chi connectivity index (χ0v) is 38.7. The van der Waals surface area contributed by atoms with Gasteiger partial charge in [0.05, 0.1) is 34.6 Å². The number of hydrogen-bond donors (Lipinski definition) is 2. The van der Waals surface area contributed by atoms with Crippen LogP contribution in [0.3, 0.4) is 0 Å². The first-order valence-electron chi connectivity index (χ1n) is 22.3. The highest BCUT2D eigenvalue weighted by Gasteiger charge is 2.40. The second-order valence-corrected chi connectivity index (χ2v) is 19.6. The standard InChI is InChI=1S/C48H62N8O6S/c1-10-40(57)54-21-18-31(25-54)45(59)53(9)42(29(5)6)44(58)51-36-23-39-50-37(26-63-39)30-16-17-38-33(22-30)34(43(55(38)11-2)32-14-12-19-49-41(32)28(3)4)24-48(7,8)27-62-47(61)35-15-13-20-56(52-35)46(36)60/h10,12,14,16-17,19,22,26,28-29,31,35-36,42,52H,1,11,13,15,18,20-21,23-25,27H2,2-9H3,(H,51,58)/t31-,35-,36-,42-/m0/s1. The van der Waals surface area contributed by atoms with E-state index in [4.69, 9.17) is 14.7 Å². The maximum absolute atomic E-state index is 14.6. The molecule has 2 fully saturated rings. The minimum absolute atomic E-state index is 0.0866. The number of hydrogen-bond acceptors (Lipinski definition) is 10. The van der Waals surface area contributed by atoms with Crippen molar-refractivity contribution in [3.63, 3.8) is 0 Å². The molecule has 0 unspecified atom stereocenters. The highest BCUT2D eigenvalue weighted by molar-refractivity contribution is 7.10. The maximum Gasteiger partial charge on any atom is 0.324 e. The molecular weight excluding hydrogens is 817 g/mol. The van der Waals surface area contributed by atoms with E-state index in [1.807, 2.05) is 31.5 Å². The Morgan fingerprint density at radius 3 is 2.62 bits per heavy atom. The molecule has 1 aromatic carbocycles. The van der Waals surface area contributed by atoms with Crippen LogP contribution in [0.25, 0.3) is 33.4 Å². The van der Waals surface area contributed by atoms with Gasteiger partial charge in [-0.25, -0.2) is 10.4 Å². The van der Waals surface area contributed by atoms with Crippen molar-refractivity contribution in [3.8, 4) is 22.5 Å². The van der Waals surface area contributed by atoms with Gasteiger partial charge in [0.15, 0.2) is 0 Å². The Bertz CT molecular complexity index is 2400. The van der Waals surface area contributed by atoms with Gasteiger partial charge in [0.2, 0.25) is 17.7 Å². The molecule has 4 amide bonds. The summed E-state index contributed by atoms with van der Waals surface area (Å²) in [7, 11) is 1.60. The van der Waals surface area contributed by atoms with Crippen molar-refractivity contribution in [2.75, 3.05) is 33.3 Å². The van der Waals surface area contributed by atoms with E-state index in [9.17, 15) is 24.0 Å². The number of aryl methyl sites for hydroxylation is 1. The number of carbonyl (C=O) groups is 5. The van der Waals surface area contributed by atoms with Crippen molar-refractivity contribution in [1.29, 1.82) is 0 Å². The van der Waals surface area contributed by atoms with Gasteiger partial charge in [-0.2, -0.15) is 0 Å². The zero-order valence-electron chi connectivity index (χ0n) is 37.9. The van der Waals surface area contributed by atoms with E-state index in [0.29, 0.717) is 43.8 Å². The van der Waals surface area contributed by atoms with Crippen molar-refractivity contribution >= 4 is 51.8 Å². The summed E-state index contributed by atoms with van der Waals surface area (Å²) in [6.07, 6.45) is 5.30. The summed E-state index contributed by atoms with van der Waals surface area (Å²) in [6.45, 7) is 19.9. The third-order valence-corrected chi connectivity index (χ3v) is 13.5. The number of amides is 4. The summed E-state index contributed by atoms with van der Waals surface area (Å²) < 4.78 is 8.46. The summed E-state index contributed by atoms with van der Waals surface area (Å²) in [6, 6.07) is 7.82. The summed E-state index contributed by atoms with van der Waals surface area (Å²) in [5.74, 6) is -2.39. The average Bonchev–Trinajstić information content (AvgIpc) is 4.02. The predicted octanol–water partition coefficient (Wildman–Crippen LogP) is 6.14. The molecule has 15 heteroatoms. The number of likely N-dealkylation sites (tertiary alicyclic amines) is 1. The van der Waals surface area contributed by atoms with Crippen LogP contribution in [0.5, 0.6) is 0 Å². The lowest BCUT2D eigenvalue weighted by molar-refractivity contribution is -0.155. The molecule has 6 heterocycles. The first-order chi connectivity index (χ1) is 30.0. The van der Waals surface area contributed by atoms with Crippen LogP contribution in [0.4, 0.5) is 0 Å². The number of rotatable bonds is 9. The maximum atomic E-state index is 14.6. The highest BCUT2D eigenvalue weighted by atomic mass is 32.1. The number of pyridine rings is 1. The van der Waals surface area contributed by atoms with Gasteiger partial charge < -0.3 is 24.4 Å². The Balaban J connectivity index is 1.26. The first-order valence-corrected chi connectivity index (χ1v) is 23.2.